The predicted molar refractivity (Wildman–Crippen MR) is 102 cm³/mol. The van der Waals surface area contributed by atoms with Crippen molar-refractivity contribution in [1.82, 2.24) is 9.55 Å². The number of carbonyl (C=O) groups is 1. The molecule has 1 amide bonds. The fraction of sp³-hybridized carbons (Fsp3) is 0.333. The van der Waals surface area contributed by atoms with Gasteiger partial charge in [-0.25, -0.2) is 4.98 Å². The summed E-state index contributed by atoms with van der Waals surface area (Å²) in [6.45, 7) is 2.48. The van der Waals surface area contributed by atoms with Crippen molar-refractivity contribution in [2.75, 3.05) is 11.5 Å². The second-order valence-electron chi connectivity index (χ2n) is 6.88. The van der Waals surface area contributed by atoms with Crippen molar-refractivity contribution in [2.24, 2.45) is 0 Å². The average molecular weight is 349 g/mol. The van der Waals surface area contributed by atoms with E-state index in [-0.39, 0.29) is 25.1 Å². The number of aromatic nitrogens is 2. The summed E-state index contributed by atoms with van der Waals surface area (Å²) in [6.07, 6.45) is 2.19. The van der Waals surface area contributed by atoms with Crippen LogP contribution in [0.1, 0.15) is 24.7 Å². The molecule has 0 fully saturated rings. The SMILES string of the molecule is CC1Cc2ccccc2N1C(=O)Cn1c(CCCO)nc2ccccc21. The third kappa shape index (κ3) is 2.88. The first kappa shape index (κ1) is 16.8. The van der Waals surface area contributed by atoms with Crippen molar-refractivity contribution in [1.29, 1.82) is 0 Å². The Morgan fingerprint density at radius 3 is 2.81 bits per heavy atom. The lowest BCUT2D eigenvalue weighted by molar-refractivity contribution is -0.119. The summed E-state index contributed by atoms with van der Waals surface area (Å²) in [5.74, 6) is 0.935. The van der Waals surface area contributed by atoms with Gasteiger partial charge in [0.05, 0.1) is 11.0 Å². The highest BCUT2D eigenvalue weighted by Gasteiger charge is 2.31. The molecular weight excluding hydrogens is 326 g/mol. The number of nitrogens with zero attached hydrogens (tertiary/aromatic N) is 3. The van der Waals surface area contributed by atoms with E-state index in [0.717, 1.165) is 29.0 Å². The van der Waals surface area contributed by atoms with Crippen molar-refractivity contribution >= 4 is 22.6 Å². The third-order valence-corrected chi connectivity index (χ3v) is 5.06. The van der Waals surface area contributed by atoms with E-state index >= 15 is 0 Å². The number of fused-ring (bicyclic) bond motifs is 2. The van der Waals surface area contributed by atoms with E-state index in [9.17, 15) is 9.90 Å². The van der Waals surface area contributed by atoms with Crippen LogP contribution in [-0.2, 0) is 24.2 Å². The van der Waals surface area contributed by atoms with Crippen LogP contribution >= 0.6 is 0 Å². The molecule has 5 nitrogen and oxygen atoms in total. The molecule has 3 aromatic rings. The molecule has 0 bridgehead atoms. The Hall–Kier alpha value is -2.66. The van der Waals surface area contributed by atoms with E-state index in [0.29, 0.717) is 12.8 Å². The second kappa shape index (κ2) is 6.92. The molecule has 0 spiro atoms. The first-order valence-electron chi connectivity index (χ1n) is 9.14. The largest absolute Gasteiger partial charge is 0.396 e. The molecule has 2 aromatic carbocycles. The smallest absolute Gasteiger partial charge is 0.247 e. The van der Waals surface area contributed by atoms with E-state index < -0.39 is 0 Å². The van der Waals surface area contributed by atoms with Crippen LogP contribution < -0.4 is 4.90 Å². The maximum absolute atomic E-state index is 13.2. The van der Waals surface area contributed by atoms with Gasteiger partial charge in [0.15, 0.2) is 0 Å². The lowest BCUT2D eigenvalue weighted by atomic mass is 10.1. The number of amides is 1. The zero-order valence-electron chi connectivity index (χ0n) is 14.9. The Morgan fingerprint density at radius 2 is 1.96 bits per heavy atom. The Morgan fingerprint density at radius 1 is 1.19 bits per heavy atom. The van der Waals surface area contributed by atoms with Gasteiger partial charge in [-0.05, 0) is 43.5 Å². The number of rotatable bonds is 5. The Kier molecular flexibility index (Phi) is 4.47. The van der Waals surface area contributed by atoms with Crippen LogP contribution in [0.2, 0.25) is 0 Å². The maximum atomic E-state index is 13.2. The number of para-hydroxylation sites is 3. The van der Waals surface area contributed by atoms with E-state index in [1.807, 2.05) is 51.9 Å². The summed E-state index contributed by atoms with van der Waals surface area (Å²) < 4.78 is 2.00. The van der Waals surface area contributed by atoms with Crippen LogP contribution in [0.25, 0.3) is 11.0 Å². The van der Waals surface area contributed by atoms with Crippen molar-refractivity contribution in [3.63, 3.8) is 0 Å². The van der Waals surface area contributed by atoms with Gasteiger partial charge in [-0.15, -0.1) is 0 Å². The molecule has 1 aliphatic heterocycles. The van der Waals surface area contributed by atoms with Crippen LogP contribution in [0.5, 0.6) is 0 Å². The van der Waals surface area contributed by atoms with Gasteiger partial charge >= 0.3 is 0 Å². The van der Waals surface area contributed by atoms with Gasteiger partial charge in [-0.3, -0.25) is 4.79 Å². The van der Waals surface area contributed by atoms with Gasteiger partial charge in [-0.1, -0.05) is 30.3 Å². The number of benzene rings is 2. The number of carbonyl (C=O) groups excluding carboxylic acids is 1. The van der Waals surface area contributed by atoms with E-state index in [4.69, 9.17) is 0 Å². The lowest BCUT2D eigenvalue weighted by Crippen LogP contribution is -2.38. The molecule has 2 heterocycles. The Balaban J connectivity index is 1.67. The van der Waals surface area contributed by atoms with Crippen molar-refractivity contribution in [3.8, 4) is 0 Å². The Labute approximate surface area is 152 Å². The summed E-state index contributed by atoms with van der Waals surface area (Å²) in [5.41, 5.74) is 4.10. The standard InChI is InChI=1S/C21H23N3O2/c1-15-13-16-7-2-4-9-18(16)24(15)21(26)14-23-19-10-5-3-8-17(19)22-20(23)11-6-12-25/h2-5,7-10,15,25H,6,11-14H2,1H3. The molecule has 0 saturated heterocycles. The summed E-state index contributed by atoms with van der Waals surface area (Å²) in [4.78, 5) is 19.8. The molecular formula is C21H23N3O2. The predicted octanol–water partition coefficient (Wildman–Crippen LogP) is 2.94. The minimum Gasteiger partial charge on any atom is -0.396 e. The minimum absolute atomic E-state index is 0.0795. The molecule has 1 aromatic heterocycles. The lowest BCUT2D eigenvalue weighted by Gasteiger charge is -2.23. The number of aliphatic hydroxyl groups excluding tert-OH is 1. The van der Waals surface area contributed by atoms with Gasteiger partial charge in [0, 0.05) is 24.8 Å². The highest BCUT2D eigenvalue weighted by molar-refractivity contribution is 5.96. The molecule has 1 N–H and O–H groups in total. The average Bonchev–Trinajstić information content (AvgIpc) is 3.16. The molecule has 134 valence electrons. The molecule has 0 saturated carbocycles. The number of aliphatic hydroxyl groups is 1. The van der Waals surface area contributed by atoms with Gasteiger partial charge in [-0.2, -0.15) is 0 Å². The van der Waals surface area contributed by atoms with Crippen LogP contribution in [-0.4, -0.2) is 33.2 Å². The third-order valence-electron chi connectivity index (χ3n) is 5.06. The fourth-order valence-corrected chi connectivity index (χ4v) is 3.89. The molecule has 0 radical (unpaired) electrons. The molecule has 5 heteroatoms. The minimum atomic E-state index is 0.0795. The molecule has 1 atom stereocenters. The zero-order chi connectivity index (χ0) is 18.1. The first-order valence-corrected chi connectivity index (χ1v) is 9.14. The van der Waals surface area contributed by atoms with Gasteiger partial charge in [0.1, 0.15) is 12.4 Å². The van der Waals surface area contributed by atoms with E-state index in [2.05, 4.69) is 18.0 Å². The summed E-state index contributed by atoms with van der Waals surface area (Å²) in [6, 6.07) is 16.2. The molecule has 1 unspecified atom stereocenters. The topological polar surface area (TPSA) is 58.4 Å². The monoisotopic (exact) mass is 349 g/mol. The van der Waals surface area contributed by atoms with Crippen LogP contribution in [0, 0.1) is 0 Å². The van der Waals surface area contributed by atoms with Gasteiger partial charge in [0.25, 0.3) is 0 Å². The number of hydrogen-bond acceptors (Lipinski definition) is 3. The van der Waals surface area contributed by atoms with E-state index in [1.54, 1.807) is 0 Å². The first-order chi connectivity index (χ1) is 12.7. The normalized spacial score (nSPS) is 16.2. The molecule has 26 heavy (non-hydrogen) atoms. The van der Waals surface area contributed by atoms with E-state index in [1.165, 1.54) is 5.56 Å². The van der Waals surface area contributed by atoms with Crippen molar-refractivity contribution in [3.05, 3.63) is 59.9 Å². The number of aryl methyl sites for hydroxylation is 1. The maximum Gasteiger partial charge on any atom is 0.247 e. The zero-order valence-corrected chi connectivity index (χ0v) is 14.9. The molecule has 4 rings (SSSR count). The summed E-state index contributed by atoms with van der Waals surface area (Å²) >= 11 is 0. The number of imidazole rings is 1. The quantitative estimate of drug-likeness (QED) is 0.770. The van der Waals surface area contributed by atoms with Crippen molar-refractivity contribution in [2.45, 2.75) is 38.8 Å². The van der Waals surface area contributed by atoms with Crippen LogP contribution in [0.4, 0.5) is 5.69 Å². The molecule has 0 aliphatic carbocycles. The Bertz CT molecular complexity index is 947. The highest BCUT2D eigenvalue weighted by atomic mass is 16.3. The summed E-state index contributed by atoms with van der Waals surface area (Å²) in [7, 11) is 0. The number of anilines is 1. The van der Waals surface area contributed by atoms with Gasteiger partial charge in [0.2, 0.25) is 5.91 Å². The van der Waals surface area contributed by atoms with Gasteiger partial charge < -0.3 is 14.6 Å². The highest BCUT2D eigenvalue weighted by Crippen LogP contribution is 2.32. The molecule has 1 aliphatic rings. The fourth-order valence-electron chi connectivity index (χ4n) is 3.89. The van der Waals surface area contributed by atoms with Crippen molar-refractivity contribution < 1.29 is 9.90 Å². The second-order valence-corrected chi connectivity index (χ2v) is 6.88. The number of hydrogen-bond donors (Lipinski definition) is 1. The van der Waals surface area contributed by atoms with Crippen LogP contribution in [0.15, 0.2) is 48.5 Å². The summed E-state index contributed by atoms with van der Waals surface area (Å²) in [5, 5.41) is 9.18. The van der Waals surface area contributed by atoms with Crippen LogP contribution in [0.3, 0.4) is 0 Å².